The van der Waals surface area contributed by atoms with Crippen molar-refractivity contribution in [2.24, 2.45) is 0 Å². The highest BCUT2D eigenvalue weighted by atomic mass is 16.1. The summed E-state index contributed by atoms with van der Waals surface area (Å²) >= 11 is 0. The number of likely N-dealkylation sites (N-methyl/N-ethyl adjacent to an activating group) is 1. The number of ketones is 1. The van der Waals surface area contributed by atoms with Crippen LogP contribution >= 0.6 is 0 Å². The molecule has 100 valence electrons. The highest BCUT2D eigenvalue weighted by Crippen LogP contribution is 2.23. The van der Waals surface area contributed by atoms with Gasteiger partial charge in [0.1, 0.15) is 0 Å². The van der Waals surface area contributed by atoms with Crippen molar-refractivity contribution in [3.8, 4) is 0 Å². The van der Waals surface area contributed by atoms with Crippen molar-refractivity contribution in [2.75, 3.05) is 14.1 Å². The van der Waals surface area contributed by atoms with Crippen LogP contribution in [-0.2, 0) is 6.42 Å². The first kappa shape index (κ1) is 14.9. The SMILES string of the molecule is CCCc1cccc(C(=O)C(C)(CC)N(C)C)c1. The van der Waals surface area contributed by atoms with E-state index in [1.54, 1.807) is 0 Å². The maximum Gasteiger partial charge on any atom is 0.182 e. The van der Waals surface area contributed by atoms with Crippen LogP contribution in [0.4, 0.5) is 0 Å². The zero-order valence-corrected chi connectivity index (χ0v) is 12.3. The molecule has 2 nitrogen and oxygen atoms in total. The Morgan fingerprint density at radius 3 is 2.44 bits per heavy atom. The smallest absolute Gasteiger partial charge is 0.182 e. The average Bonchev–Trinajstić information content (AvgIpc) is 2.37. The fourth-order valence-electron chi connectivity index (χ4n) is 2.15. The number of aryl methyl sites for hydroxylation is 1. The molecule has 0 aliphatic heterocycles. The first-order valence-corrected chi connectivity index (χ1v) is 6.76. The molecule has 1 aromatic rings. The van der Waals surface area contributed by atoms with Gasteiger partial charge in [-0.3, -0.25) is 9.69 Å². The molecule has 0 amide bonds. The van der Waals surface area contributed by atoms with Crippen molar-refractivity contribution in [1.82, 2.24) is 4.90 Å². The number of nitrogens with zero attached hydrogens (tertiary/aromatic N) is 1. The van der Waals surface area contributed by atoms with E-state index in [-0.39, 0.29) is 5.78 Å². The molecule has 0 aliphatic carbocycles. The number of hydrogen-bond acceptors (Lipinski definition) is 2. The Morgan fingerprint density at radius 1 is 1.28 bits per heavy atom. The molecule has 0 N–H and O–H groups in total. The number of rotatable bonds is 6. The maximum atomic E-state index is 12.7. The lowest BCUT2D eigenvalue weighted by Crippen LogP contribution is -2.48. The van der Waals surface area contributed by atoms with Crippen LogP contribution in [0.15, 0.2) is 24.3 Å². The third kappa shape index (κ3) is 2.99. The van der Waals surface area contributed by atoms with E-state index < -0.39 is 5.54 Å². The van der Waals surface area contributed by atoms with Crippen molar-refractivity contribution < 1.29 is 4.79 Å². The summed E-state index contributed by atoms with van der Waals surface area (Å²) in [6.45, 7) is 6.24. The Hall–Kier alpha value is -1.15. The third-order valence-electron chi connectivity index (χ3n) is 3.89. The van der Waals surface area contributed by atoms with Crippen molar-refractivity contribution >= 4 is 5.78 Å². The Kier molecular flexibility index (Phi) is 5.09. The normalized spacial score (nSPS) is 14.6. The van der Waals surface area contributed by atoms with Crippen molar-refractivity contribution in [2.45, 2.75) is 45.6 Å². The summed E-state index contributed by atoms with van der Waals surface area (Å²) in [6.07, 6.45) is 2.96. The molecule has 0 aliphatic rings. The van der Waals surface area contributed by atoms with Gasteiger partial charge in [-0.15, -0.1) is 0 Å². The summed E-state index contributed by atoms with van der Waals surface area (Å²) in [5, 5.41) is 0. The second kappa shape index (κ2) is 6.14. The van der Waals surface area contributed by atoms with E-state index in [0.29, 0.717) is 0 Å². The Balaban J connectivity index is 3.06. The number of benzene rings is 1. The highest BCUT2D eigenvalue weighted by molar-refractivity contribution is 6.03. The molecular formula is C16H25NO. The van der Waals surface area contributed by atoms with Crippen LogP contribution in [0.2, 0.25) is 0 Å². The van der Waals surface area contributed by atoms with E-state index in [1.165, 1.54) is 5.56 Å². The summed E-state index contributed by atoms with van der Waals surface area (Å²) in [6, 6.07) is 8.06. The van der Waals surface area contributed by atoms with Gasteiger partial charge in [-0.05, 0) is 45.5 Å². The monoisotopic (exact) mass is 247 g/mol. The lowest BCUT2D eigenvalue weighted by atomic mass is 9.87. The number of Topliss-reactive ketones (excluding diaryl/α,β-unsaturated/α-hetero) is 1. The second-order valence-corrected chi connectivity index (χ2v) is 5.30. The predicted octanol–water partition coefficient (Wildman–Crippen LogP) is 3.55. The van der Waals surface area contributed by atoms with E-state index in [9.17, 15) is 4.79 Å². The van der Waals surface area contributed by atoms with E-state index in [1.807, 2.05) is 44.1 Å². The minimum atomic E-state index is -0.412. The first-order valence-electron chi connectivity index (χ1n) is 6.76. The van der Waals surface area contributed by atoms with E-state index in [2.05, 4.69) is 19.9 Å². The Bertz CT molecular complexity index is 411. The van der Waals surface area contributed by atoms with Crippen LogP contribution in [0.3, 0.4) is 0 Å². The molecule has 0 radical (unpaired) electrons. The standard InChI is InChI=1S/C16H25NO/c1-6-9-13-10-8-11-14(12-13)15(18)16(3,7-2)17(4)5/h8,10-12H,6-7,9H2,1-5H3. The minimum Gasteiger partial charge on any atom is -0.297 e. The molecule has 1 aromatic carbocycles. The summed E-state index contributed by atoms with van der Waals surface area (Å²) < 4.78 is 0. The van der Waals surface area contributed by atoms with E-state index in [0.717, 1.165) is 24.8 Å². The highest BCUT2D eigenvalue weighted by Gasteiger charge is 2.34. The van der Waals surface area contributed by atoms with Crippen LogP contribution in [0, 0.1) is 0 Å². The maximum absolute atomic E-state index is 12.7. The van der Waals surface area contributed by atoms with Crippen LogP contribution in [0.25, 0.3) is 0 Å². The van der Waals surface area contributed by atoms with Crippen LogP contribution in [-0.4, -0.2) is 30.3 Å². The topological polar surface area (TPSA) is 20.3 Å². The number of hydrogen-bond donors (Lipinski definition) is 0. The summed E-state index contributed by atoms with van der Waals surface area (Å²) in [4.78, 5) is 14.7. The molecule has 18 heavy (non-hydrogen) atoms. The van der Waals surface area contributed by atoms with E-state index >= 15 is 0 Å². The van der Waals surface area contributed by atoms with Gasteiger partial charge in [0.15, 0.2) is 5.78 Å². The first-order chi connectivity index (χ1) is 8.45. The molecule has 0 saturated heterocycles. The molecule has 0 saturated carbocycles. The van der Waals surface area contributed by atoms with Gasteiger partial charge in [0.2, 0.25) is 0 Å². The van der Waals surface area contributed by atoms with Gasteiger partial charge in [-0.25, -0.2) is 0 Å². The lowest BCUT2D eigenvalue weighted by Gasteiger charge is -2.34. The fourth-order valence-corrected chi connectivity index (χ4v) is 2.15. The molecule has 1 atom stereocenters. The molecule has 0 bridgehead atoms. The number of carbonyl (C=O) groups excluding carboxylic acids is 1. The second-order valence-electron chi connectivity index (χ2n) is 5.30. The van der Waals surface area contributed by atoms with Gasteiger partial charge in [-0.1, -0.05) is 38.5 Å². The quantitative estimate of drug-likeness (QED) is 0.716. The molecule has 0 aromatic heterocycles. The van der Waals surface area contributed by atoms with Gasteiger partial charge in [0, 0.05) is 5.56 Å². The summed E-state index contributed by atoms with van der Waals surface area (Å²) in [7, 11) is 3.94. The molecule has 0 fully saturated rings. The van der Waals surface area contributed by atoms with Gasteiger partial charge in [-0.2, -0.15) is 0 Å². The zero-order chi connectivity index (χ0) is 13.8. The Labute approximate surface area is 111 Å². The lowest BCUT2D eigenvalue weighted by molar-refractivity contribution is 0.0710. The van der Waals surface area contributed by atoms with Crippen LogP contribution in [0.1, 0.15) is 49.5 Å². The van der Waals surface area contributed by atoms with Crippen molar-refractivity contribution in [3.05, 3.63) is 35.4 Å². The minimum absolute atomic E-state index is 0.216. The molecule has 0 spiro atoms. The molecule has 1 unspecified atom stereocenters. The Morgan fingerprint density at radius 2 is 1.94 bits per heavy atom. The van der Waals surface area contributed by atoms with Crippen LogP contribution in [0.5, 0.6) is 0 Å². The van der Waals surface area contributed by atoms with Crippen molar-refractivity contribution in [1.29, 1.82) is 0 Å². The van der Waals surface area contributed by atoms with Crippen LogP contribution < -0.4 is 0 Å². The molecular weight excluding hydrogens is 222 g/mol. The summed E-state index contributed by atoms with van der Waals surface area (Å²) in [5.41, 5.74) is 1.67. The van der Waals surface area contributed by atoms with Gasteiger partial charge in [0.05, 0.1) is 5.54 Å². The summed E-state index contributed by atoms with van der Waals surface area (Å²) in [5.74, 6) is 0.216. The fraction of sp³-hybridized carbons (Fsp3) is 0.562. The molecule has 1 rings (SSSR count). The molecule has 0 heterocycles. The van der Waals surface area contributed by atoms with Crippen molar-refractivity contribution in [3.63, 3.8) is 0 Å². The average molecular weight is 247 g/mol. The van der Waals surface area contributed by atoms with Gasteiger partial charge < -0.3 is 0 Å². The molecule has 2 heteroatoms. The predicted molar refractivity (Wildman–Crippen MR) is 77.2 cm³/mol. The number of carbonyl (C=O) groups is 1. The third-order valence-corrected chi connectivity index (χ3v) is 3.89. The van der Waals surface area contributed by atoms with Gasteiger partial charge in [0.25, 0.3) is 0 Å². The van der Waals surface area contributed by atoms with E-state index in [4.69, 9.17) is 0 Å². The zero-order valence-electron chi connectivity index (χ0n) is 12.3. The van der Waals surface area contributed by atoms with Gasteiger partial charge >= 0.3 is 0 Å². The largest absolute Gasteiger partial charge is 0.297 e.